The number of carbonyl (C=O) groups excluding carboxylic acids is 1. The van der Waals surface area contributed by atoms with Gasteiger partial charge in [0.2, 0.25) is 5.91 Å². The van der Waals surface area contributed by atoms with E-state index < -0.39 is 0 Å². The van der Waals surface area contributed by atoms with E-state index in [9.17, 15) is 4.79 Å². The van der Waals surface area contributed by atoms with Gasteiger partial charge in [0, 0.05) is 11.5 Å². The summed E-state index contributed by atoms with van der Waals surface area (Å²) in [6.07, 6.45) is 3.13. The molecule has 1 N–H and O–H groups in total. The van der Waals surface area contributed by atoms with Crippen LogP contribution in [0.2, 0.25) is 0 Å². The molecule has 0 radical (unpaired) electrons. The first-order chi connectivity index (χ1) is 5.05. The number of nitrogens with one attached hydrogen (secondary N) is 1. The van der Waals surface area contributed by atoms with Crippen LogP contribution in [0.25, 0.3) is 0 Å². The third-order valence-electron chi connectivity index (χ3n) is 2.44. The highest BCUT2D eigenvalue weighted by molar-refractivity contribution is 5.80. The zero-order valence-electron chi connectivity index (χ0n) is 7.61. The van der Waals surface area contributed by atoms with E-state index >= 15 is 0 Å². The summed E-state index contributed by atoms with van der Waals surface area (Å²) in [5, 5.41) is 3.02. The minimum absolute atomic E-state index is 0.0305. The molecule has 0 bridgehead atoms. The number of hydrogen-bond acceptors (Lipinski definition) is 1. The predicted molar refractivity (Wildman–Crippen MR) is 45.2 cm³/mol. The number of rotatable bonds is 1. The fraction of sp³-hybridized carbons (Fsp3) is 0.889. The summed E-state index contributed by atoms with van der Waals surface area (Å²) in [5.41, 5.74) is 0.0305. The minimum atomic E-state index is 0.0305. The van der Waals surface area contributed by atoms with Crippen LogP contribution in [0.15, 0.2) is 0 Å². The molecule has 1 fully saturated rings. The quantitative estimate of drug-likeness (QED) is 0.613. The Balaban J connectivity index is 2.55. The van der Waals surface area contributed by atoms with Crippen molar-refractivity contribution in [1.29, 1.82) is 0 Å². The van der Waals surface area contributed by atoms with E-state index in [0.717, 1.165) is 19.3 Å². The molecule has 0 spiro atoms. The van der Waals surface area contributed by atoms with Gasteiger partial charge in [-0.3, -0.25) is 4.79 Å². The van der Waals surface area contributed by atoms with Crippen LogP contribution in [0, 0.1) is 5.92 Å². The van der Waals surface area contributed by atoms with Crippen molar-refractivity contribution in [2.45, 2.75) is 45.6 Å². The lowest BCUT2D eigenvalue weighted by Crippen LogP contribution is -2.50. The maximum Gasteiger partial charge on any atom is 0.223 e. The maximum atomic E-state index is 11.3. The van der Waals surface area contributed by atoms with Gasteiger partial charge < -0.3 is 5.32 Å². The van der Waals surface area contributed by atoms with Gasteiger partial charge in [-0.1, -0.05) is 6.92 Å². The zero-order chi connectivity index (χ0) is 8.48. The molecule has 2 nitrogen and oxygen atoms in total. The fourth-order valence-electron chi connectivity index (χ4n) is 1.55. The fourth-order valence-corrected chi connectivity index (χ4v) is 1.55. The first-order valence-electron chi connectivity index (χ1n) is 4.37. The van der Waals surface area contributed by atoms with E-state index in [1.54, 1.807) is 0 Å². The Morgan fingerprint density at radius 1 is 1.64 bits per heavy atom. The Bertz CT molecular complexity index is 163. The van der Waals surface area contributed by atoms with Crippen LogP contribution in [0.1, 0.15) is 40.0 Å². The first-order valence-corrected chi connectivity index (χ1v) is 4.37. The molecule has 1 amide bonds. The largest absolute Gasteiger partial charge is 0.351 e. The van der Waals surface area contributed by atoms with Crippen LogP contribution < -0.4 is 5.32 Å². The molecule has 0 aliphatic carbocycles. The second-order valence-electron chi connectivity index (χ2n) is 4.02. The molecular weight excluding hydrogens is 138 g/mol. The lowest BCUT2D eigenvalue weighted by Gasteiger charge is -2.34. The van der Waals surface area contributed by atoms with E-state index in [1.807, 2.05) is 0 Å². The van der Waals surface area contributed by atoms with Crippen LogP contribution in [0.5, 0.6) is 0 Å². The van der Waals surface area contributed by atoms with Crippen molar-refractivity contribution in [3.05, 3.63) is 0 Å². The molecule has 1 aliphatic heterocycles. The number of carbonyl (C=O) groups is 1. The van der Waals surface area contributed by atoms with E-state index in [0.29, 0.717) is 0 Å². The Labute approximate surface area is 68.4 Å². The zero-order valence-corrected chi connectivity index (χ0v) is 7.61. The van der Waals surface area contributed by atoms with Gasteiger partial charge in [-0.15, -0.1) is 0 Å². The van der Waals surface area contributed by atoms with Gasteiger partial charge in [-0.25, -0.2) is 0 Å². The Hall–Kier alpha value is -0.530. The Morgan fingerprint density at radius 2 is 2.27 bits per heavy atom. The third kappa shape index (κ3) is 1.95. The van der Waals surface area contributed by atoms with E-state index in [2.05, 4.69) is 26.1 Å². The van der Waals surface area contributed by atoms with E-state index in [4.69, 9.17) is 0 Å². The molecular formula is C9H17NO. The molecule has 1 rings (SSSR count). The molecule has 0 aromatic rings. The summed E-state index contributed by atoms with van der Waals surface area (Å²) in [6, 6.07) is 0. The highest BCUT2D eigenvalue weighted by Crippen LogP contribution is 2.24. The summed E-state index contributed by atoms with van der Waals surface area (Å²) in [6.45, 7) is 6.23. The summed E-state index contributed by atoms with van der Waals surface area (Å²) >= 11 is 0. The highest BCUT2D eigenvalue weighted by Gasteiger charge is 2.30. The number of hydrogen-bond donors (Lipinski definition) is 1. The van der Waals surface area contributed by atoms with Crippen molar-refractivity contribution in [3.8, 4) is 0 Å². The molecule has 0 unspecified atom stereocenters. The normalized spacial score (nSPS) is 29.7. The molecule has 1 aliphatic rings. The summed E-state index contributed by atoms with van der Waals surface area (Å²) in [5.74, 6) is 0.506. The summed E-state index contributed by atoms with van der Waals surface area (Å²) in [4.78, 5) is 11.3. The summed E-state index contributed by atoms with van der Waals surface area (Å²) < 4.78 is 0. The lowest BCUT2D eigenvalue weighted by molar-refractivity contribution is -0.129. The molecule has 1 atom stereocenters. The lowest BCUT2D eigenvalue weighted by atomic mass is 9.85. The summed E-state index contributed by atoms with van der Waals surface area (Å²) in [7, 11) is 0. The monoisotopic (exact) mass is 155 g/mol. The van der Waals surface area contributed by atoms with Crippen molar-refractivity contribution in [2.24, 2.45) is 5.92 Å². The standard InChI is InChI=1S/C9H17NO/c1-4-7-5-6-9(2,3)10-8(7)11/h7H,4-6H2,1-3H3,(H,10,11)/t7-/m1/s1. The number of piperidine rings is 1. The van der Waals surface area contributed by atoms with Crippen LogP contribution in [0.4, 0.5) is 0 Å². The van der Waals surface area contributed by atoms with Crippen molar-refractivity contribution in [1.82, 2.24) is 5.32 Å². The highest BCUT2D eigenvalue weighted by atomic mass is 16.2. The van der Waals surface area contributed by atoms with Crippen LogP contribution in [-0.4, -0.2) is 11.4 Å². The molecule has 1 heterocycles. The number of amides is 1. The molecule has 0 saturated carbocycles. The van der Waals surface area contributed by atoms with Gasteiger partial charge in [-0.05, 0) is 33.1 Å². The van der Waals surface area contributed by atoms with Gasteiger partial charge >= 0.3 is 0 Å². The molecule has 2 heteroatoms. The van der Waals surface area contributed by atoms with Gasteiger partial charge in [0.1, 0.15) is 0 Å². The molecule has 64 valence electrons. The van der Waals surface area contributed by atoms with Gasteiger partial charge in [-0.2, -0.15) is 0 Å². The van der Waals surface area contributed by atoms with Crippen LogP contribution >= 0.6 is 0 Å². The predicted octanol–water partition coefficient (Wildman–Crippen LogP) is 1.70. The van der Waals surface area contributed by atoms with Crippen LogP contribution in [0.3, 0.4) is 0 Å². The third-order valence-corrected chi connectivity index (χ3v) is 2.44. The van der Waals surface area contributed by atoms with Gasteiger partial charge in [0.15, 0.2) is 0 Å². The van der Waals surface area contributed by atoms with Crippen molar-refractivity contribution in [3.63, 3.8) is 0 Å². The van der Waals surface area contributed by atoms with Crippen molar-refractivity contribution >= 4 is 5.91 Å². The van der Waals surface area contributed by atoms with Crippen molar-refractivity contribution < 1.29 is 4.79 Å². The molecule has 0 aromatic heterocycles. The minimum Gasteiger partial charge on any atom is -0.351 e. The van der Waals surface area contributed by atoms with E-state index in [1.165, 1.54) is 0 Å². The van der Waals surface area contributed by atoms with Crippen molar-refractivity contribution in [2.75, 3.05) is 0 Å². The topological polar surface area (TPSA) is 29.1 Å². The molecule has 11 heavy (non-hydrogen) atoms. The average molecular weight is 155 g/mol. The molecule has 1 saturated heterocycles. The van der Waals surface area contributed by atoms with Gasteiger partial charge in [0.25, 0.3) is 0 Å². The second-order valence-corrected chi connectivity index (χ2v) is 4.02. The SMILES string of the molecule is CC[C@@H]1CCC(C)(C)NC1=O. The molecule has 0 aromatic carbocycles. The maximum absolute atomic E-state index is 11.3. The average Bonchev–Trinajstić information content (AvgIpc) is 1.86. The second kappa shape index (κ2) is 2.84. The smallest absolute Gasteiger partial charge is 0.223 e. The Morgan fingerprint density at radius 3 is 2.73 bits per heavy atom. The van der Waals surface area contributed by atoms with E-state index in [-0.39, 0.29) is 17.4 Å². The Kier molecular flexibility index (Phi) is 2.21. The van der Waals surface area contributed by atoms with Gasteiger partial charge in [0.05, 0.1) is 0 Å². The van der Waals surface area contributed by atoms with Crippen LogP contribution in [-0.2, 0) is 4.79 Å². The first kappa shape index (κ1) is 8.57.